The van der Waals surface area contributed by atoms with Gasteiger partial charge >= 0.3 is 6.09 Å². The molecule has 1 aliphatic carbocycles. The van der Waals surface area contributed by atoms with Crippen LogP contribution in [0, 0.1) is 0 Å². The lowest BCUT2D eigenvalue weighted by molar-refractivity contribution is 0.0663. The molecule has 7 nitrogen and oxygen atoms in total. The predicted octanol–water partition coefficient (Wildman–Crippen LogP) is 3.43. The predicted molar refractivity (Wildman–Crippen MR) is 108 cm³/mol. The van der Waals surface area contributed by atoms with E-state index in [1.165, 1.54) is 0 Å². The molecule has 4 rings (SSSR count). The van der Waals surface area contributed by atoms with E-state index >= 15 is 0 Å². The zero-order valence-corrected chi connectivity index (χ0v) is 17.2. The normalized spacial score (nSPS) is 26.2. The number of cyclic esters (lactones) is 1. The molecule has 1 N–H and O–H groups in total. The molecule has 1 aliphatic heterocycles. The molecular weight excluding hydrogens is 368 g/mol. The number of benzene rings is 1. The number of carbonyl (C=O) groups excluding carboxylic acids is 2. The second-order valence-corrected chi connectivity index (χ2v) is 8.56. The van der Waals surface area contributed by atoms with E-state index < -0.39 is 5.60 Å². The summed E-state index contributed by atoms with van der Waals surface area (Å²) in [6, 6.07) is 10.2. The molecular formula is C22H28N4O3. The maximum absolute atomic E-state index is 12.7. The summed E-state index contributed by atoms with van der Waals surface area (Å²) in [5.41, 5.74) is 1.07. The van der Waals surface area contributed by atoms with Crippen molar-refractivity contribution in [2.45, 2.75) is 63.3 Å². The number of hydrogen-bond donors (Lipinski definition) is 1. The fraction of sp³-hybridized carbons (Fsp3) is 0.500. The number of imidazole rings is 1. The molecule has 1 aromatic heterocycles. The number of nitrogens with zero attached hydrogens (tertiary/aromatic N) is 3. The van der Waals surface area contributed by atoms with E-state index in [9.17, 15) is 9.59 Å². The molecule has 0 radical (unpaired) electrons. The van der Waals surface area contributed by atoms with Crippen LogP contribution in [0.4, 0.5) is 4.79 Å². The van der Waals surface area contributed by atoms with E-state index in [1.54, 1.807) is 17.1 Å². The first-order valence-corrected chi connectivity index (χ1v) is 10.2. The van der Waals surface area contributed by atoms with Gasteiger partial charge in [0.2, 0.25) is 0 Å². The van der Waals surface area contributed by atoms with E-state index in [0.29, 0.717) is 5.69 Å². The summed E-state index contributed by atoms with van der Waals surface area (Å²) in [5, 5.41) is 3.11. The lowest BCUT2D eigenvalue weighted by Gasteiger charge is -2.38. The average molecular weight is 396 g/mol. The van der Waals surface area contributed by atoms with Gasteiger partial charge in [-0.2, -0.15) is 0 Å². The van der Waals surface area contributed by atoms with Crippen LogP contribution in [-0.2, 0) is 11.8 Å². The van der Waals surface area contributed by atoms with Crippen LogP contribution < -0.4 is 5.32 Å². The lowest BCUT2D eigenvalue weighted by Crippen LogP contribution is -2.46. The topological polar surface area (TPSA) is 76.5 Å². The van der Waals surface area contributed by atoms with E-state index in [4.69, 9.17) is 4.74 Å². The van der Waals surface area contributed by atoms with Crippen molar-refractivity contribution in [3.05, 3.63) is 54.1 Å². The van der Waals surface area contributed by atoms with E-state index in [0.717, 1.165) is 31.2 Å². The van der Waals surface area contributed by atoms with Gasteiger partial charge in [0.05, 0.1) is 18.6 Å². The monoisotopic (exact) mass is 396 g/mol. The first-order chi connectivity index (χ1) is 13.9. The Morgan fingerprint density at radius 3 is 2.48 bits per heavy atom. The van der Waals surface area contributed by atoms with Gasteiger partial charge in [0.15, 0.2) is 0 Å². The Morgan fingerprint density at radius 2 is 1.86 bits per heavy atom. The highest BCUT2D eigenvalue weighted by atomic mass is 16.6. The Kier molecular flexibility index (Phi) is 5.06. The fourth-order valence-electron chi connectivity index (χ4n) is 4.66. The van der Waals surface area contributed by atoms with E-state index in [-0.39, 0.29) is 30.1 Å². The van der Waals surface area contributed by atoms with Crippen molar-refractivity contribution in [1.29, 1.82) is 0 Å². The largest absolute Gasteiger partial charge is 0.441 e. The number of aryl methyl sites for hydroxylation is 1. The van der Waals surface area contributed by atoms with Gasteiger partial charge in [-0.05, 0) is 45.1 Å². The van der Waals surface area contributed by atoms with E-state index in [2.05, 4.69) is 22.4 Å². The van der Waals surface area contributed by atoms with Crippen molar-refractivity contribution in [2.24, 2.45) is 7.05 Å². The molecule has 1 saturated heterocycles. The molecule has 2 aromatic rings. The molecule has 2 heterocycles. The quantitative estimate of drug-likeness (QED) is 0.859. The fourth-order valence-corrected chi connectivity index (χ4v) is 4.66. The van der Waals surface area contributed by atoms with Crippen LogP contribution in [0.25, 0.3) is 0 Å². The summed E-state index contributed by atoms with van der Waals surface area (Å²) >= 11 is 0. The SMILES string of the molecule is Cn1cncc1C(=O)NC1CCC(N2C(=O)OC(C)(C)[C@@H]2c2ccccc2)CC1. The molecule has 0 spiro atoms. The minimum Gasteiger partial charge on any atom is -0.441 e. The molecule has 0 bridgehead atoms. The number of rotatable bonds is 4. The van der Waals surface area contributed by atoms with Crippen molar-refractivity contribution in [1.82, 2.24) is 19.8 Å². The molecule has 29 heavy (non-hydrogen) atoms. The van der Waals surface area contributed by atoms with Crippen molar-refractivity contribution in [2.75, 3.05) is 0 Å². The number of ether oxygens (including phenoxy) is 1. The molecule has 0 unspecified atom stereocenters. The number of aromatic nitrogens is 2. The maximum Gasteiger partial charge on any atom is 0.411 e. The van der Waals surface area contributed by atoms with Gasteiger partial charge in [0.25, 0.3) is 5.91 Å². The molecule has 1 saturated carbocycles. The second-order valence-electron chi connectivity index (χ2n) is 8.56. The van der Waals surface area contributed by atoms with Crippen LogP contribution in [-0.4, -0.2) is 44.1 Å². The zero-order valence-electron chi connectivity index (χ0n) is 17.2. The van der Waals surface area contributed by atoms with Gasteiger partial charge in [-0.1, -0.05) is 30.3 Å². The highest BCUT2D eigenvalue weighted by Crippen LogP contribution is 2.44. The smallest absolute Gasteiger partial charge is 0.411 e. The van der Waals surface area contributed by atoms with E-state index in [1.807, 2.05) is 44.0 Å². The van der Waals surface area contributed by atoms with Crippen molar-refractivity contribution < 1.29 is 14.3 Å². The molecule has 1 aromatic carbocycles. The summed E-state index contributed by atoms with van der Waals surface area (Å²) in [6.45, 7) is 3.95. The van der Waals surface area contributed by atoms with Crippen LogP contribution in [0.3, 0.4) is 0 Å². The molecule has 2 amide bonds. The van der Waals surface area contributed by atoms with Crippen LogP contribution in [0.1, 0.15) is 61.6 Å². The Bertz CT molecular complexity index is 884. The Morgan fingerprint density at radius 1 is 1.17 bits per heavy atom. The van der Waals surface area contributed by atoms with Crippen molar-refractivity contribution in [3.8, 4) is 0 Å². The first kappa shape index (κ1) is 19.5. The Balaban J connectivity index is 1.44. The van der Waals surface area contributed by atoms with Crippen molar-refractivity contribution >= 4 is 12.0 Å². The van der Waals surface area contributed by atoms with Crippen LogP contribution in [0.5, 0.6) is 0 Å². The molecule has 7 heteroatoms. The van der Waals surface area contributed by atoms with Gasteiger partial charge in [-0.25, -0.2) is 9.78 Å². The average Bonchev–Trinajstić information content (AvgIpc) is 3.22. The number of amides is 2. The number of hydrogen-bond acceptors (Lipinski definition) is 4. The highest BCUT2D eigenvalue weighted by Gasteiger charge is 2.51. The Labute approximate surface area is 171 Å². The highest BCUT2D eigenvalue weighted by molar-refractivity contribution is 5.92. The van der Waals surface area contributed by atoms with Gasteiger partial charge in [0, 0.05) is 19.1 Å². The Hall–Kier alpha value is -2.83. The van der Waals surface area contributed by atoms with Crippen LogP contribution in [0.2, 0.25) is 0 Å². The molecule has 1 atom stereocenters. The van der Waals surface area contributed by atoms with Gasteiger partial charge < -0.3 is 14.6 Å². The number of nitrogens with one attached hydrogen (secondary N) is 1. The van der Waals surface area contributed by atoms with Crippen LogP contribution >= 0.6 is 0 Å². The van der Waals surface area contributed by atoms with Crippen molar-refractivity contribution in [3.63, 3.8) is 0 Å². The first-order valence-electron chi connectivity index (χ1n) is 10.2. The summed E-state index contributed by atoms with van der Waals surface area (Å²) in [4.78, 5) is 31.1. The second kappa shape index (κ2) is 7.54. The molecule has 2 fully saturated rings. The third kappa shape index (κ3) is 3.73. The minimum absolute atomic E-state index is 0.0997. The third-order valence-electron chi connectivity index (χ3n) is 6.09. The van der Waals surface area contributed by atoms with Gasteiger partial charge in [-0.3, -0.25) is 9.69 Å². The minimum atomic E-state index is -0.580. The zero-order chi connectivity index (χ0) is 20.6. The molecule has 154 valence electrons. The van der Waals surface area contributed by atoms with Gasteiger partial charge in [0.1, 0.15) is 11.3 Å². The molecule has 2 aliphatic rings. The maximum atomic E-state index is 12.7. The number of carbonyl (C=O) groups is 2. The summed E-state index contributed by atoms with van der Waals surface area (Å²) in [6.07, 6.45) is 6.30. The standard InChI is InChI=1S/C22H28N4O3/c1-22(2)19(15-7-5-4-6-8-15)26(21(28)29-22)17-11-9-16(10-12-17)24-20(27)18-13-23-14-25(18)3/h4-8,13-14,16-17,19H,9-12H2,1-3H3,(H,24,27)/t16?,17?,19-/m0/s1. The third-order valence-corrected chi connectivity index (χ3v) is 6.09. The lowest BCUT2D eigenvalue weighted by atomic mass is 9.86. The van der Waals surface area contributed by atoms with Gasteiger partial charge in [-0.15, -0.1) is 0 Å². The summed E-state index contributed by atoms with van der Waals surface area (Å²) in [7, 11) is 1.81. The van der Waals surface area contributed by atoms with Crippen LogP contribution in [0.15, 0.2) is 42.9 Å². The summed E-state index contributed by atoms with van der Waals surface area (Å²) < 4.78 is 7.46. The summed E-state index contributed by atoms with van der Waals surface area (Å²) in [5.74, 6) is -0.0997.